The van der Waals surface area contributed by atoms with E-state index < -0.39 is 40.6 Å². The highest BCUT2D eigenvalue weighted by atomic mass is 32.2. The van der Waals surface area contributed by atoms with Crippen LogP contribution in [0, 0.1) is 0 Å². The van der Waals surface area contributed by atoms with Crippen molar-refractivity contribution in [2.24, 2.45) is 0 Å². The van der Waals surface area contributed by atoms with Crippen molar-refractivity contribution >= 4 is 49.6 Å². The van der Waals surface area contributed by atoms with Crippen molar-refractivity contribution in [3.63, 3.8) is 0 Å². The van der Waals surface area contributed by atoms with E-state index in [1.165, 1.54) is 24.3 Å². The lowest BCUT2D eigenvalue weighted by atomic mass is 10.1. The molecule has 2 aromatic heterocycles. The lowest BCUT2D eigenvalue weighted by molar-refractivity contribution is 0.0879. The number of furan rings is 1. The van der Waals surface area contributed by atoms with Crippen LogP contribution in [0.3, 0.4) is 0 Å². The molecule has 0 atom stereocenters. The third kappa shape index (κ3) is 3.56. The van der Waals surface area contributed by atoms with Gasteiger partial charge in [0, 0.05) is 36.0 Å². The van der Waals surface area contributed by atoms with Crippen LogP contribution < -0.4 is 16.6 Å². The van der Waals surface area contributed by atoms with Gasteiger partial charge in [-0.3, -0.25) is 24.3 Å². The van der Waals surface area contributed by atoms with Gasteiger partial charge in [-0.1, -0.05) is 0 Å². The van der Waals surface area contributed by atoms with Crippen molar-refractivity contribution in [1.82, 2.24) is 14.2 Å². The summed E-state index contributed by atoms with van der Waals surface area (Å²) >= 11 is 0. The number of hydrogen-bond acceptors (Lipinski definition) is 9. The standard InChI is InChI=1S/C23H20N4O8S/c24-21-20-16(22(31)25-23(20)32)11-19(30)27(21)12-1-3-14-15-10-13(2-4-17(15)35-18(14)9-12)36(33,34)26(5-7-28)6-8-29/h1-4,9-11,28-29H,5-8,24H2,(H,25,31,32). The molecule has 0 bridgehead atoms. The molecule has 0 saturated carbocycles. The van der Waals surface area contributed by atoms with Crippen molar-refractivity contribution in [3.05, 3.63) is 63.9 Å². The fourth-order valence-corrected chi connectivity index (χ4v) is 5.76. The largest absolute Gasteiger partial charge is 0.456 e. The second-order valence-electron chi connectivity index (χ2n) is 8.07. The minimum Gasteiger partial charge on any atom is -0.456 e. The number of benzene rings is 2. The molecule has 186 valence electrons. The van der Waals surface area contributed by atoms with Gasteiger partial charge in [-0.2, -0.15) is 4.31 Å². The number of nitrogens with two attached hydrogens (primary N) is 1. The van der Waals surface area contributed by atoms with Crippen molar-refractivity contribution in [1.29, 1.82) is 0 Å². The van der Waals surface area contributed by atoms with Gasteiger partial charge in [-0.25, -0.2) is 8.42 Å². The number of aromatic nitrogens is 1. The molecule has 13 heteroatoms. The quantitative estimate of drug-likeness (QED) is 0.251. The van der Waals surface area contributed by atoms with E-state index >= 15 is 0 Å². The molecule has 12 nitrogen and oxygen atoms in total. The predicted molar refractivity (Wildman–Crippen MR) is 128 cm³/mol. The number of imide groups is 1. The Balaban J connectivity index is 1.63. The zero-order valence-corrected chi connectivity index (χ0v) is 19.4. The maximum absolute atomic E-state index is 13.0. The second-order valence-corrected chi connectivity index (χ2v) is 10.0. The Morgan fingerprint density at radius 3 is 2.33 bits per heavy atom. The van der Waals surface area contributed by atoms with E-state index in [1.54, 1.807) is 12.1 Å². The Kier molecular flexibility index (Phi) is 5.64. The maximum atomic E-state index is 13.0. The van der Waals surface area contributed by atoms with E-state index in [9.17, 15) is 33.0 Å². The molecule has 0 fully saturated rings. The van der Waals surface area contributed by atoms with Crippen LogP contribution in [-0.4, -0.2) is 65.6 Å². The van der Waals surface area contributed by atoms with Crippen LogP contribution >= 0.6 is 0 Å². The first-order valence-corrected chi connectivity index (χ1v) is 12.2. The lowest BCUT2D eigenvalue weighted by Crippen LogP contribution is -2.35. The summed E-state index contributed by atoms with van der Waals surface area (Å²) in [5.41, 5.74) is 6.29. The number of nitrogen functional groups attached to an aromatic ring is 1. The fraction of sp³-hybridized carbons (Fsp3) is 0.174. The molecule has 1 aliphatic heterocycles. The maximum Gasteiger partial charge on any atom is 0.262 e. The van der Waals surface area contributed by atoms with Crippen LogP contribution in [0.1, 0.15) is 20.7 Å². The average Bonchev–Trinajstić information content (AvgIpc) is 3.34. The summed E-state index contributed by atoms with van der Waals surface area (Å²) < 4.78 is 34.0. The molecular formula is C23H20N4O8S. The number of nitrogens with zero attached hydrogens (tertiary/aromatic N) is 2. The number of amides is 2. The van der Waals surface area contributed by atoms with Gasteiger partial charge < -0.3 is 20.4 Å². The first-order valence-electron chi connectivity index (χ1n) is 10.8. The molecule has 1 aliphatic rings. The number of carbonyl (C=O) groups excluding carboxylic acids is 2. The number of anilines is 1. The number of hydrogen-bond donors (Lipinski definition) is 4. The summed E-state index contributed by atoms with van der Waals surface area (Å²) in [6, 6.07) is 10.0. The van der Waals surface area contributed by atoms with Gasteiger partial charge in [-0.15, -0.1) is 0 Å². The van der Waals surface area contributed by atoms with Gasteiger partial charge in [-0.05, 0) is 30.3 Å². The minimum atomic E-state index is -4.00. The first kappa shape index (κ1) is 23.7. The highest BCUT2D eigenvalue weighted by Gasteiger charge is 2.32. The number of carbonyl (C=O) groups is 2. The molecule has 36 heavy (non-hydrogen) atoms. The van der Waals surface area contributed by atoms with Crippen LogP contribution in [0.15, 0.2) is 56.6 Å². The topological polar surface area (TPSA) is 185 Å². The molecule has 2 amide bonds. The summed E-state index contributed by atoms with van der Waals surface area (Å²) in [5, 5.41) is 21.6. The number of pyridine rings is 1. The number of nitrogens with one attached hydrogen (secondary N) is 1. The van der Waals surface area contributed by atoms with Gasteiger partial charge in [0.1, 0.15) is 17.0 Å². The SMILES string of the molecule is Nc1c2c(cc(=O)n1-c1ccc3c(c1)oc1ccc(S(=O)(=O)N(CCO)CCO)cc13)C(=O)NC2=O. The van der Waals surface area contributed by atoms with E-state index in [1.807, 2.05) is 0 Å². The Labute approximate surface area is 203 Å². The van der Waals surface area contributed by atoms with Crippen molar-refractivity contribution in [3.8, 4) is 5.69 Å². The van der Waals surface area contributed by atoms with Crippen LogP contribution in [0.4, 0.5) is 5.82 Å². The summed E-state index contributed by atoms with van der Waals surface area (Å²) in [6.45, 7) is -1.15. The zero-order valence-electron chi connectivity index (χ0n) is 18.6. The zero-order chi connectivity index (χ0) is 25.8. The first-order chi connectivity index (χ1) is 17.2. The lowest BCUT2D eigenvalue weighted by Gasteiger charge is -2.20. The molecule has 3 heterocycles. The van der Waals surface area contributed by atoms with Crippen LogP contribution in [0.5, 0.6) is 0 Å². The van der Waals surface area contributed by atoms with Crippen LogP contribution in [0.2, 0.25) is 0 Å². The van der Waals surface area contributed by atoms with Crippen molar-refractivity contribution in [2.75, 3.05) is 32.0 Å². The molecule has 0 aliphatic carbocycles. The minimum absolute atomic E-state index is 0.0431. The molecule has 0 unspecified atom stereocenters. The van der Waals surface area contributed by atoms with Gasteiger partial charge in [0.05, 0.1) is 34.9 Å². The predicted octanol–water partition coefficient (Wildman–Crippen LogP) is 0.178. The molecule has 5 rings (SSSR count). The molecular weight excluding hydrogens is 492 g/mol. The fourth-order valence-electron chi connectivity index (χ4n) is 4.31. The Bertz CT molecular complexity index is 1730. The Morgan fingerprint density at radius 1 is 0.917 bits per heavy atom. The van der Waals surface area contributed by atoms with Crippen molar-refractivity contribution < 1.29 is 32.6 Å². The van der Waals surface area contributed by atoms with Gasteiger partial charge >= 0.3 is 0 Å². The number of rotatable bonds is 7. The number of fused-ring (bicyclic) bond motifs is 4. The van der Waals surface area contributed by atoms with E-state index in [4.69, 9.17) is 10.2 Å². The van der Waals surface area contributed by atoms with Crippen LogP contribution in [-0.2, 0) is 10.0 Å². The van der Waals surface area contributed by atoms with Gasteiger partial charge in [0.25, 0.3) is 17.4 Å². The third-order valence-corrected chi connectivity index (χ3v) is 7.87. The molecule has 4 aromatic rings. The monoisotopic (exact) mass is 512 g/mol. The molecule has 0 radical (unpaired) electrons. The highest BCUT2D eigenvalue weighted by Crippen LogP contribution is 2.33. The number of aliphatic hydroxyl groups excluding tert-OH is 2. The summed E-state index contributed by atoms with van der Waals surface area (Å²) in [5.74, 6) is -1.59. The Hall–Kier alpha value is -4.04. The number of aliphatic hydroxyl groups is 2. The summed E-state index contributed by atoms with van der Waals surface area (Å²) in [4.78, 5) is 36.7. The van der Waals surface area contributed by atoms with E-state index in [2.05, 4.69) is 5.32 Å². The van der Waals surface area contributed by atoms with Gasteiger partial charge in [0.2, 0.25) is 10.0 Å². The van der Waals surface area contributed by atoms with E-state index in [0.717, 1.165) is 14.9 Å². The Morgan fingerprint density at radius 2 is 1.64 bits per heavy atom. The van der Waals surface area contributed by atoms with Gasteiger partial charge in [0.15, 0.2) is 0 Å². The van der Waals surface area contributed by atoms with E-state index in [-0.39, 0.29) is 40.6 Å². The van der Waals surface area contributed by atoms with Crippen LogP contribution in [0.25, 0.3) is 27.6 Å². The highest BCUT2D eigenvalue weighted by molar-refractivity contribution is 7.89. The molecule has 2 aromatic carbocycles. The van der Waals surface area contributed by atoms with Crippen molar-refractivity contribution in [2.45, 2.75) is 4.90 Å². The molecule has 5 N–H and O–H groups in total. The smallest absolute Gasteiger partial charge is 0.262 e. The second kappa shape index (κ2) is 8.57. The average molecular weight is 513 g/mol. The van der Waals surface area contributed by atoms with E-state index in [0.29, 0.717) is 21.9 Å². The molecule has 0 spiro atoms. The number of sulfonamides is 1. The summed E-state index contributed by atoms with van der Waals surface area (Å²) in [7, 11) is -4.00. The molecule has 0 saturated heterocycles. The third-order valence-electron chi connectivity index (χ3n) is 5.97. The normalized spacial score (nSPS) is 13.6. The summed E-state index contributed by atoms with van der Waals surface area (Å²) in [6.07, 6.45) is 0.